The molecule has 1 aromatic carbocycles. The molecule has 2 aromatic rings. The lowest BCUT2D eigenvalue weighted by Gasteiger charge is -2.27. The van der Waals surface area contributed by atoms with Gasteiger partial charge in [0.2, 0.25) is 0 Å². The number of carbonyl (C=O) groups excluding carboxylic acids is 1. The lowest BCUT2D eigenvalue weighted by molar-refractivity contribution is -0.274. The molecule has 10 heteroatoms. The number of anilines is 1. The number of hydrogen-bond acceptors (Lipinski definition) is 6. The average molecular weight is 382 g/mol. The molecule has 1 aliphatic heterocycles. The minimum atomic E-state index is -4.80. The third-order valence-corrected chi connectivity index (χ3v) is 3.86. The standard InChI is InChI=1S/C17H17F3N4O3/c18-17(19,20)27-14-4-2-1-3-12(14)11-21-16(25)13-5-6-15(23-22-13)24-7-9-26-10-8-24/h1-6H,7-11H2,(H,21,25). The summed E-state index contributed by atoms with van der Waals surface area (Å²) in [4.78, 5) is 14.2. The lowest BCUT2D eigenvalue weighted by Crippen LogP contribution is -2.37. The van der Waals surface area contributed by atoms with Crippen molar-refractivity contribution < 1.29 is 27.4 Å². The van der Waals surface area contributed by atoms with E-state index in [0.29, 0.717) is 32.1 Å². The maximum Gasteiger partial charge on any atom is 0.573 e. The molecule has 27 heavy (non-hydrogen) atoms. The fraction of sp³-hybridized carbons (Fsp3) is 0.353. The summed E-state index contributed by atoms with van der Waals surface area (Å²) >= 11 is 0. The van der Waals surface area contributed by atoms with Crippen LogP contribution in [0.2, 0.25) is 0 Å². The highest BCUT2D eigenvalue weighted by Gasteiger charge is 2.32. The van der Waals surface area contributed by atoms with E-state index in [1.807, 2.05) is 4.90 Å². The molecule has 1 aliphatic rings. The predicted molar refractivity (Wildman–Crippen MR) is 89.4 cm³/mol. The largest absolute Gasteiger partial charge is 0.573 e. The van der Waals surface area contributed by atoms with E-state index in [-0.39, 0.29) is 23.6 Å². The van der Waals surface area contributed by atoms with Crippen LogP contribution in [0.5, 0.6) is 5.75 Å². The number of alkyl halides is 3. The van der Waals surface area contributed by atoms with E-state index in [9.17, 15) is 18.0 Å². The number of para-hydroxylation sites is 1. The van der Waals surface area contributed by atoms with Crippen molar-refractivity contribution >= 4 is 11.7 Å². The summed E-state index contributed by atoms with van der Waals surface area (Å²) in [6, 6.07) is 8.80. The molecule has 1 aromatic heterocycles. The van der Waals surface area contributed by atoms with Crippen molar-refractivity contribution in [1.82, 2.24) is 15.5 Å². The number of aromatic nitrogens is 2. The Balaban J connectivity index is 1.61. The molecule has 1 saturated heterocycles. The average Bonchev–Trinajstić information content (AvgIpc) is 2.67. The molecular weight excluding hydrogens is 365 g/mol. The highest BCUT2D eigenvalue weighted by Crippen LogP contribution is 2.26. The zero-order chi connectivity index (χ0) is 19.3. The normalized spacial score (nSPS) is 14.7. The van der Waals surface area contributed by atoms with E-state index in [4.69, 9.17) is 4.74 Å². The Morgan fingerprint density at radius 1 is 1.15 bits per heavy atom. The summed E-state index contributed by atoms with van der Waals surface area (Å²) in [5, 5.41) is 10.4. The van der Waals surface area contributed by atoms with Crippen molar-refractivity contribution in [3.05, 3.63) is 47.7 Å². The Labute approximate surface area is 153 Å². The molecule has 0 radical (unpaired) electrons. The van der Waals surface area contributed by atoms with E-state index in [2.05, 4.69) is 20.3 Å². The Kier molecular flexibility index (Phi) is 5.75. The zero-order valence-electron chi connectivity index (χ0n) is 14.2. The van der Waals surface area contributed by atoms with Crippen LogP contribution in [0.4, 0.5) is 19.0 Å². The van der Waals surface area contributed by atoms with Crippen molar-refractivity contribution in [1.29, 1.82) is 0 Å². The van der Waals surface area contributed by atoms with Crippen LogP contribution in [0.1, 0.15) is 16.1 Å². The van der Waals surface area contributed by atoms with Crippen LogP contribution in [-0.2, 0) is 11.3 Å². The minimum Gasteiger partial charge on any atom is -0.405 e. The second-order valence-electron chi connectivity index (χ2n) is 5.71. The van der Waals surface area contributed by atoms with Gasteiger partial charge in [0.05, 0.1) is 13.2 Å². The van der Waals surface area contributed by atoms with Crippen molar-refractivity contribution in [2.45, 2.75) is 12.9 Å². The first-order valence-corrected chi connectivity index (χ1v) is 8.21. The molecule has 0 bridgehead atoms. The Morgan fingerprint density at radius 2 is 1.89 bits per heavy atom. The molecule has 0 spiro atoms. The van der Waals surface area contributed by atoms with Gasteiger partial charge in [0.25, 0.3) is 5.91 Å². The second-order valence-corrected chi connectivity index (χ2v) is 5.71. The van der Waals surface area contributed by atoms with Gasteiger partial charge in [-0.1, -0.05) is 18.2 Å². The monoisotopic (exact) mass is 382 g/mol. The molecule has 1 fully saturated rings. The number of ether oxygens (including phenoxy) is 2. The molecule has 1 N–H and O–H groups in total. The molecule has 7 nitrogen and oxygen atoms in total. The lowest BCUT2D eigenvalue weighted by atomic mass is 10.2. The fourth-order valence-corrected chi connectivity index (χ4v) is 2.55. The molecule has 2 heterocycles. The van der Waals surface area contributed by atoms with Crippen molar-refractivity contribution in [2.24, 2.45) is 0 Å². The number of carbonyl (C=O) groups is 1. The van der Waals surface area contributed by atoms with Crippen LogP contribution in [0.15, 0.2) is 36.4 Å². The summed E-state index contributed by atoms with van der Waals surface area (Å²) in [7, 11) is 0. The van der Waals surface area contributed by atoms with Gasteiger partial charge in [-0.2, -0.15) is 0 Å². The highest BCUT2D eigenvalue weighted by molar-refractivity contribution is 5.92. The molecule has 144 valence electrons. The maximum atomic E-state index is 12.4. The molecule has 1 amide bonds. The smallest absolute Gasteiger partial charge is 0.405 e. The summed E-state index contributed by atoms with van der Waals surface area (Å²) in [5.41, 5.74) is 0.266. The van der Waals surface area contributed by atoms with Gasteiger partial charge in [-0.05, 0) is 18.2 Å². The predicted octanol–water partition coefficient (Wildman–Crippen LogP) is 2.14. The number of nitrogens with zero attached hydrogens (tertiary/aromatic N) is 3. The third-order valence-electron chi connectivity index (χ3n) is 3.86. The molecule has 0 atom stereocenters. The van der Waals surface area contributed by atoms with Crippen LogP contribution in [-0.4, -0.2) is 48.8 Å². The Morgan fingerprint density at radius 3 is 2.56 bits per heavy atom. The number of rotatable bonds is 5. The quantitative estimate of drug-likeness (QED) is 0.854. The molecule has 3 rings (SSSR count). The second kappa shape index (κ2) is 8.21. The maximum absolute atomic E-state index is 12.4. The van der Waals surface area contributed by atoms with Gasteiger partial charge < -0.3 is 19.7 Å². The van der Waals surface area contributed by atoms with E-state index < -0.39 is 12.3 Å². The number of benzene rings is 1. The van der Waals surface area contributed by atoms with E-state index in [1.165, 1.54) is 24.3 Å². The van der Waals surface area contributed by atoms with Crippen LogP contribution in [0.3, 0.4) is 0 Å². The van der Waals surface area contributed by atoms with Gasteiger partial charge >= 0.3 is 6.36 Å². The molecular formula is C17H17F3N4O3. The summed E-state index contributed by atoms with van der Waals surface area (Å²) in [5.74, 6) is -0.268. The highest BCUT2D eigenvalue weighted by atomic mass is 19.4. The van der Waals surface area contributed by atoms with Crippen molar-refractivity contribution in [3.63, 3.8) is 0 Å². The zero-order valence-corrected chi connectivity index (χ0v) is 14.2. The van der Waals surface area contributed by atoms with Crippen LogP contribution in [0.25, 0.3) is 0 Å². The molecule has 0 aliphatic carbocycles. The molecule has 0 saturated carbocycles. The third kappa shape index (κ3) is 5.30. The summed E-state index contributed by atoms with van der Waals surface area (Å²) in [6.45, 7) is 2.44. The van der Waals surface area contributed by atoms with Crippen LogP contribution in [0, 0.1) is 0 Å². The van der Waals surface area contributed by atoms with E-state index in [1.54, 1.807) is 12.1 Å². The fourth-order valence-electron chi connectivity index (χ4n) is 2.55. The minimum absolute atomic E-state index is 0.0706. The SMILES string of the molecule is O=C(NCc1ccccc1OC(F)(F)F)c1ccc(N2CCOCC2)nn1. The first kappa shape index (κ1) is 18.9. The number of nitrogens with one attached hydrogen (secondary N) is 1. The first-order valence-electron chi connectivity index (χ1n) is 8.21. The van der Waals surface area contributed by atoms with Crippen molar-refractivity contribution in [3.8, 4) is 5.75 Å². The van der Waals surface area contributed by atoms with Crippen LogP contribution < -0.4 is 15.0 Å². The summed E-state index contributed by atoms with van der Waals surface area (Å²) < 4.78 is 46.5. The van der Waals surface area contributed by atoms with Gasteiger partial charge in [0.1, 0.15) is 5.75 Å². The van der Waals surface area contributed by atoms with Gasteiger partial charge in [0.15, 0.2) is 11.5 Å². The molecule has 0 unspecified atom stereocenters. The number of morpholine rings is 1. The topological polar surface area (TPSA) is 76.6 Å². The van der Waals surface area contributed by atoms with E-state index >= 15 is 0 Å². The first-order chi connectivity index (χ1) is 12.9. The number of halogens is 3. The number of amides is 1. The van der Waals surface area contributed by atoms with Gasteiger partial charge in [-0.15, -0.1) is 23.4 Å². The van der Waals surface area contributed by atoms with E-state index in [0.717, 1.165) is 0 Å². The Hall–Kier alpha value is -2.88. The Bertz CT molecular complexity index is 778. The van der Waals surface area contributed by atoms with Gasteiger partial charge in [0, 0.05) is 25.2 Å². The summed E-state index contributed by atoms with van der Waals surface area (Å²) in [6.07, 6.45) is -4.80. The van der Waals surface area contributed by atoms with Crippen LogP contribution >= 0.6 is 0 Å². The number of hydrogen-bond donors (Lipinski definition) is 1. The van der Waals surface area contributed by atoms with Gasteiger partial charge in [-0.3, -0.25) is 4.79 Å². The van der Waals surface area contributed by atoms with Gasteiger partial charge in [-0.25, -0.2) is 0 Å². The van der Waals surface area contributed by atoms with Crippen molar-refractivity contribution in [2.75, 3.05) is 31.2 Å².